The lowest BCUT2D eigenvalue weighted by Crippen LogP contribution is -2.60. The van der Waals surface area contributed by atoms with Gasteiger partial charge in [-0.05, 0) is 42.0 Å². The molecule has 0 spiro atoms. The van der Waals surface area contributed by atoms with Crippen LogP contribution in [-0.2, 0) is 0 Å². The van der Waals surface area contributed by atoms with Gasteiger partial charge in [0.15, 0.2) is 6.10 Å². The van der Waals surface area contributed by atoms with E-state index < -0.39 is 0 Å². The van der Waals surface area contributed by atoms with E-state index >= 15 is 0 Å². The first-order valence-electron chi connectivity index (χ1n) is 8.09. The summed E-state index contributed by atoms with van der Waals surface area (Å²) in [5.74, 6) is 0.821. The molecule has 3 aromatic carbocycles. The molecule has 2 nitrogen and oxygen atoms in total. The van der Waals surface area contributed by atoms with E-state index in [0.29, 0.717) is 0 Å². The van der Waals surface area contributed by atoms with Gasteiger partial charge in [0.05, 0.1) is 0 Å². The quantitative estimate of drug-likeness (QED) is 0.552. The summed E-state index contributed by atoms with van der Waals surface area (Å²) in [6.07, 6.45) is -0.182. The smallest absolute Gasteiger partial charge is 0.174 e. The van der Waals surface area contributed by atoms with Gasteiger partial charge in [0.25, 0.3) is 0 Å². The maximum Gasteiger partial charge on any atom is 0.174 e. The number of hydrogen-bond donors (Lipinski definition) is 0. The lowest BCUT2D eigenvalue weighted by atomic mass is 9.90. The van der Waals surface area contributed by atoms with Gasteiger partial charge in [-0.15, -0.1) is 0 Å². The van der Waals surface area contributed by atoms with Crippen LogP contribution in [0, 0.1) is 0 Å². The molecule has 124 valence electrons. The number of hydrogen-bond acceptors (Lipinski definition) is 2. The minimum absolute atomic E-state index is 0.0207. The Morgan fingerprint density at radius 2 is 1.40 bits per heavy atom. The molecule has 1 saturated heterocycles. The van der Waals surface area contributed by atoms with Crippen molar-refractivity contribution in [3.8, 4) is 5.75 Å². The molecule has 0 N–H and O–H groups in total. The minimum Gasteiger partial charge on any atom is -0.481 e. The summed E-state index contributed by atoms with van der Waals surface area (Å²) in [6.45, 7) is 0. The van der Waals surface area contributed by atoms with Gasteiger partial charge in [-0.3, -0.25) is 0 Å². The van der Waals surface area contributed by atoms with Crippen LogP contribution in [0.4, 0.5) is 5.69 Å². The van der Waals surface area contributed by atoms with Crippen molar-refractivity contribution in [2.45, 2.75) is 12.1 Å². The van der Waals surface area contributed by atoms with E-state index in [1.807, 2.05) is 72.8 Å². The number of para-hydroxylation sites is 2. The van der Waals surface area contributed by atoms with E-state index in [-0.39, 0.29) is 12.1 Å². The zero-order chi connectivity index (χ0) is 17.2. The Hall–Kier alpha value is -2.36. The van der Waals surface area contributed by atoms with Crippen LogP contribution in [0.3, 0.4) is 0 Å². The average Bonchev–Trinajstić information content (AvgIpc) is 2.66. The molecule has 0 bridgehead atoms. The van der Waals surface area contributed by atoms with Crippen molar-refractivity contribution < 1.29 is 4.74 Å². The largest absolute Gasteiger partial charge is 0.481 e. The van der Waals surface area contributed by atoms with Gasteiger partial charge in [0, 0.05) is 10.7 Å². The molecule has 1 aliphatic heterocycles. The van der Waals surface area contributed by atoms with Gasteiger partial charge in [-0.25, -0.2) is 0 Å². The summed E-state index contributed by atoms with van der Waals surface area (Å²) in [6, 6.07) is 27.9. The third-order valence-electron chi connectivity index (χ3n) is 4.30. The Morgan fingerprint density at radius 3 is 2.04 bits per heavy atom. The van der Waals surface area contributed by atoms with Crippen LogP contribution in [0.15, 0.2) is 84.9 Å². The van der Waals surface area contributed by atoms with E-state index in [9.17, 15) is 0 Å². The molecule has 0 aromatic heterocycles. The molecule has 4 rings (SSSR count). The SMILES string of the molecule is S=C1[C@H](Oc2ccccc2)C(c2ccc(Cl)cc2)N1c1ccccc1. The van der Waals surface area contributed by atoms with Crippen LogP contribution >= 0.6 is 23.8 Å². The lowest BCUT2D eigenvalue weighted by Gasteiger charge is -2.49. The predicted octanol–water partition coefficient (Wildman–Crippen LogP) is 5.68. The number of ether oxygens (including phenoxy) is 1. The van der Waals surface area contributed by atoms with Crippen molar-refractivity contribution in [3.05, 3.63) is 95.5 Å². The van der Waals surface area contributed by atoms with Crippen LogP contribution < -0.4 is 9.64 Å². The third-order valence-corrected chi connectivity index (χ3v) is 4.98. The molecule has 25 heavy (non-hydrogen) atoms. The van der Waals surface area contributed by atoms with Crippen LogP contribution in [0.5, 0.6) is 5.75 Å². The number of nitrogens with zero attached hydrogens (tertiary/aromatic N) is 1. The second-order valence-corrected chi connectivity index (χ2v) is 6.75. The fourth-order valence-electron chi connectivity index (χ4n) is 3.08. The molecule has 1 unspecified atom stereocenters. The van der Waals surface area contributed by atoms with Crippen molar-refractivity contribution in [3.63, 3.8) is 0 Å². The molecule has 1 aliphatic rings. The van der Waals surface area contributed by atoms with Gasteiger partial charge in [-0.2, -0.15) is 0 Å². The van der Waals surface area contributed by atoms with E-state index in [1.54, 1.807) is 0 Å². The van der Waals surface area contributed by atoms with Gasteiger partial charge in [0.1, 0.15) is 16.8 Å². The Kier molecular flexibility index (Phi) is 4.43. The highest BCUT2D eigenvalue weighted by molar-refractivity contribution is 7.80. The van der Waals surface area contributed by atoms with Gasteiger partial charge in [0.2, 0.25) is 0 Å². The topological polar surface area (TPSA) is 12.5 Å². The number of thiocarbonyl (C=S) groups is 1. The molecule has 2 atom stereocenters. The first-order valence-corrected chi connectivity index (χ1v) is 8.88. The predicted molar refractivity (Wildman–Crippen MR) is 107 cm³/mol. The summed E-state index contributed by atoms with van der Waals surface area (Å²) < 4.78 is 6.20. The molecular weight excluding hydrogens is 350 g/mol. The zero-order valence-corrected chi connectivity index (χ0v) is 15.0. The number of rotatable bonds is 4. The maximum atomic E-state index is 6.20. The highest BCUT2D eigenvalue weighted by Crippen LogP contribution is 2.42. The highest BCUT2D eigenvalue weighted by atomic mass is 35.5. The van der Waals surface area contributed by atoms with E-state index in [1.165, 1.54) is 0 Å². The number of halogens is 1. The van der Waals surface area contributed by atoms with Crippen molar-refractivity contribution in [2.75, 3.05) is 4.90 Å². The summed E-state index contributed by atoms with van der Waals surface area (Å²) in [7, 11) is 0. The Bertz CT molecular complexity index is 867. The number of anilines is 1. The molecule has 1 fully saturated rings. The van der Waals surface area contributed by atoms with E-state index in [0.717, 1.165) is 27.0 Å². The van der Waals surface area contributed by atoms with Crippen molar-refractivity contribution >= 4 is 34.5 Å². The van der Waals surface area contributed by atoms with Crippen LogP contribution in [0.2, 0.25) is 5.02 Å². The van der Waals surface area contributed by atoms with Crippen molar-refractivity contribution in [1.29, 1.82) is 0 Å². The first-order chi connectivity index (χ1) is 12.2. The molecular formula is C21H16ClNOS. The highest BCUT2D eigenvalue weighted by Gasteiger charge is 2.47. The second kappa shape index (κ2) is 6.87. The standard InChI is InChI=1S/C21H16ClNOS/c22-16-13-11-15(12-14-16)19-20(24-18-9-5-2-6-10-18)21(25)23(19)17-7-3-1-4-8-17/h1-14,19-20H/t19?,20-/m1/s1. The van der Waals surface area contributed by atoms with Crippen LogP contribution in [0.25, 0.3) is 0 Å². The molecule has 0 aliphatic carbocycles. The summed E-state index contributed by atoms with van der Waals surface area (Å²) in [4.78, 5) is 2.93. The monoisotopic (exact) mass is 365 g/mol. The summed E-state index contributed by atoms with van der Waals surface area (Å²) in [5.41, 5.74) is 2.20. The Labute approximate surface area is 157 Å². The second-order valence-electron chi connectivity index (χ2n) is 5.89. The Balaban J connectivity index is 1.68. The molecule has 4 heteroatoms. The van der Waals surface area contributed by atoms with Crippen LogP contribution in [-0.4, -0.2) is 11.1 Å². The molecule has 0 radical (unpaired) electrons. The molecule has 1 heterocycles. The van der Waals surface area contributed by atoms with E-state index in [4.69, 9.17) is 28.6 Å². The zero-order valence-electron chi connectivity index (χ0n) is 13.4. The fraction of sp³-hybridized carbons (Fsp3) is 0.0952. The molecule has 3 aromatic rings. The maximum absolute atomic E-state index is 6.20. The average molecular weight is 366 g/mol. The van der Waals surface area contributed by atoms with Crippen LogP contribution in [0.1, 0.15) is 11.6 Å². The fourth-order valence-corrected chi connectivity index (χ4v) is 3.61. The van der Waals surface area contributed by atoms with E-state index in [2.05, 4.69) is 17.0 Å². The summed E-state index contributed by atoms with van der Waals surface area (Å²) in [5, 5.41) is 0.720. The number of benzene rings is 3. The van der Waals surface area contributed by atoms with Gasteiger partial charge < -0.3 is 9.64 Å². The first kappa shape index (κ1) is 16.1. The summed E-state index contributed by atoms with van der Waals surface area (Å²) >= 11 is 11.7. The third kappa shape index (κ3) is 3.13. The lowest BCUT2D eigenvalue weighted by molar-refractivity contribution is 0.207. The molecule has 0 saturated carbocycles. The van der Waals surface area contributed by atoms with Crippen molar-refractivity contribution in [2.24, 2.45) is 0 Å². The minimum atomic E-state index is -0.182. The van der Waals surface area contributed by atoms with Gasteiger partial charge in [-0.1, -0.05) is 72.3 Å². The van der Waals surface area contributed by atoms with Gasteiger partial charge >= 0.3 is 0 Å². The Morgan fingerprint density at radius 1 is 0.800 bits per heavy atom. The van der Waals surface area contributed by atoms with Crippen molar-refractivity contribution in [1.82, 2.24) is 0 Å². The molecule has 0 amide bonds. The normalized spacial score (nSPS) is 19.4.